The van der Waals surface area contributed by atoms with E-state index in [0.717, 1.165) is 18.0 Å². The molecule has 1 saturated carbocycles. The van der Waals surface area contributed by atoms with E-state index in [1.54, 1.807) is 0 Å². The zero-order chi connectivity index (χ0) is 11.4. The monoisotopic (exact) mass is 224 g/mol. The molecule has 16 heavy (non-hydrogen) atoms. The maximum atomic E-state index is 3.46. The van der Waals surface area contributed by atoms with Crippen LogP contribution in [-0.4, -0.2) is 37.1 Å². The Bertz CT molecular complexity index is 205. The summed E-state index contributed by atoms with van der Waals surface area (Å²) in [7, 11) is 2.11. The van der Waals surface area contributed by atoms with Crippen molar-refractivity contribution in [2.75, 3.05) is 20.1 Å². The van der Waals surface area contributed by atoms with Gasteiger partial charge in [-0.1, -0.05) is 19.8 Å². The van der Waals surface area contributed by atoms with Crippen LogP contribution in [0.5, 0.6) is 0 Å². The standard InChI is InChI=1S/C14H28N2/c1-12-5-3-7-14(9-8-12)16-10-4-6-13(11-16)15-2/h12-15H,3-11H2,1-2H3. The van der Waals surface area contributed by atoms with Gasteiger partial charge in [0, 0.05) is 18.6 Å². The first-order chi connectivity index (χ1) is 7.79. The summed E-state index contributed by atoms with van der Waals surface area (Å²) in [6, 6.07) is 1.63. The minimum absolute atomic E-state index is 0.745. The second-order valence-electron chi connectivity index (χ2n) is 5.89. The largest absolute Gasteiger partial charge is 0.316 e. The number of hydrogen-bond donors (Lipinski definition) is 1. The van der Waals surface area contributed by atoms with Gasteiger partial charge in [-0.15, -0.1) is 0 Å². The van der Waals surface area contributed by atoms with Crippen LogP contribution in [0.25, 0.3) is 0 Å². The molecule has 0 aromatic rings. The predicted octanol–water partition coefficient (Wildman–Crippen LogP) is 2.64. The van der Waals surface area contributed by atoms with Crippen molar-refractivity contribution in [1.29, 1.82) is 0 Å². The van der Waals surface area contributed by atoms with Crippen molar-refractivity contribution in [3.63, 3.8) is 0 Å². The van der Waals surface area contributed by atoms with Crippen LogP contribution in [0.1, 0.15) is 51.9 Å². The predicted molar refractivity (Wildman–Crippen MR) is 69.7 cm³/mol. The molecule has 2 fully saturated rings. The minimum atomic E-state index is 0.745. The molecular formula is C14H28N2. The molecule has 2 aliphatic rings. The van der Waals surface area contributed by atoms with Crippen LogP contribution in [0.4, 0.5) is 0 Å². The van der Waals surface area contributed by atoms with Gasteiger partial charge >= 0.3 is 0 Å². The Morgan fingerprint density at radius 1 is 1.00 bits per heavy atom. The van der Waals surface area contributed by atoms with Gasteiger partial charge in [0.25, 0.3) is 0 Å². The number of likely N-dealkylation sites (N-methyl/N-ethyl adjacent to an activating group) is 1. The van der Waals surface area contributed by atoms with Crippen molar-refractivity contribution in [3.05, 3.63) is 0 Å². The third-order valence-corrected chi connectivity index (χ3v) is 4.60. The molecule has 2 nitrogen and oxygen atoms in total. The molecule has 2 rings (SSSR count). The molecule has 3 atom stereocenters. The van der Waals surface area contributed by atoms with Gasteiger partial charge < -0.3 is 5.32 Å². The number of piperidine rings is 1. The maximum absolute atomic E-state index is 3.46. The van der Waals surface area contributed by atoms with Crippen LogP contribution in [0, 0.1) is 5.92 Å². The van der Waals surface area contributed by atoms with Crippen molar-refractivity contribution >= 4 is 0 Å². The second kappa shape index (κ2) is 6.02. The highest BCUT2D eigenvalue weighted by Crippen LogP contribution is 2.27. The van der Waals surface area contributed by atoms with Crippen molar-refractivity contribution in [2.45, 2.75) is 64.0 Å². The van der Waals surface area contributed by atoms with Crippen LogP contribution >= 0.6 is 0 Å². The molecule has 1 aliphatic carbocycles. The van der Waals surface area contributed by atoms with Crippen molar-refractivity contribution in [1.82, 2.24) is 10.2 Å². The highest BCUT2D eigenvalue weighted by molar-refractivity contribution is 4.83. The average molecular weight is 224 g/mol. The van der Waals surface area contributed by atoms with Gasteiger partial charge in [-0.25, -0.2) is 0 Å². The van der Waals surface area contributed by atoms with E-state index in [1.807, 2.05) is 0 Å². The molecule has 0 amide bonds. The Labute approximate surface area is 101 Å². The molecule has 0 radical (unpaired) electrons. The Morgan fingerprint density at radius 3 is 2.69 bits per heavy atom. The summed E-state index contributed by atoms with van der Waals surface area (Å²) in [6.45, 7) is 5.06. The van der Waals surface area contributed by atoms with Crippen molar-refractivity contribution < 1.29 is 0 Å². The van der Waals surface area contributed by atoms with Crippen LogP contribution < -0.4 is 5.32 Å². The first-order valence-corrected chi connectivity index (χ1v) is 7.21. The smallest absolute Gasteiger partial charge is 0.0192 e. The van der Waals surface area contributed by atoms with Crippen molar-refractivity contribution in [2.24, 2.45) is 5.92 Å². The Hall–Kier alpha value is -0.0800. The van der Waals surface area contributed by atoms with Gasteiger partial charge in [0.15, 0.2) is 0 Å². The first kappa shape index (κ1) is 12.4. The quantitative estimate of drug-likeness (QED) is 0.725. The summed E-state index contributed by atoms with van der Waals surface area (Å²) in [6.07, 6.45) is 10.0. The minimum Gasteiger partial charge on any atom is -0.316 e. The molecule has 0 spiro atoms. The lowest BCUT2D eigenvalue weighted by atomic mass is 9.99. The molecule has 3 unspecified atom stereocenters. The zero-order valence-electron chi connectivity index (χ0n) is 11.0. The molecule has 0 aromatic carbocycles. The summed E-state index contributed by atoms with van der Waals surface area (Å²) in [5, 5.41) is 3.46. The fourth-order valence-electron chi connectivity index (χ4n) is 3.41. The highest BCUT2D eigenvalue weighted by atomic mass is 15.2. The van der Waals surface area contributed by atoms with Gasteiger partial charge in [0.05, 0.1) is 0 Å². The lowest BCUT2D eigenvalue weighted by molar-refractivity contribution is 0.127. The number of nitrogens with one attached hydrogen (secondary N) is 1. The van der Waals surface area contributed by atoms with E-state index in [1.165, 1.54) is 58.0 Å². The summed E-state index contributed by atoms with van der Waals surface area (Å²) >= 11 is 0. The van der Waals surface area contributed by atoms with Gasteiger partial charge in [-0.05, 0) is 51.6 Å². The Balaban J connectivity index is 1.85. The second-order valence-corrected chi connectivity index (χ2v) is 5.89. The summed E-state index contributed by atoms with van der Waals surface area (Å²) in [5.41, 5.74) is 0. The SMILES string of the molecule is CNC1CCCN(C2CCCC(C)CC2)C1. The molecule has 1 N–H and O–H groups in total. The van der Waals surface area contributed by atoms with Crippen LogP contribution in [0.3, 0.4) is 0 Å². The topological polar surface area (TPSA) is 15.3 Å². The summed E-state index contributed by atoms with van der Waals surface area (Å²) in [5.74, 6) is 0.967. The van der Waals surface area contributed by atoms with E-state index in [9.17, 15) is 0 Å². The number of nitrogens with zero attached hydrogens (tertiary/aromatic N) is 1. The lowest BCUT2D eigenvalue weighted by Crippen LogP contribution is -2.48. The fourth-order valence-corrected chi connectivity index (χ4v) is 3.41. The fraction of sp³-hybridized carbons (Fsp3) is 1.00. The zero-order valence-corrected chi connectivity index (χ0v) is 11.0. The van der Waals surface area contributed by atoms with Crippen LogP contribution in [0.15, 0.2) is 0 Å². The molecule has 0 bridgehead atoms. The van der Waals surface area contributed by atoms with E-state index in [0.29, 0.717) is 0 Å². The normalized spacial score (nSPS) is 38.2. The molecule has 0 aromatic heterocycles. The lowest BCUT2D eigenvalue weighted by Gasteiger charge is -2.38. The number of rotatable bonds is 2. The van der Waals surface area contributed by atoms with Gasteiger partial charge in [0.2, 0.25) is 0 Å². The molecule has 2 heteroatoms. The molecular weight excluding hydrogens is 196 g/mol. The molecule has 1 heterocycles. The van der Waals surface area contributed by atoms with Crippen molar-refractivity contribution in [3.8, 4) is 0 Å². The average Bonchev–Trinajstić information content (AvgIpc) is 2.54. The van der Waals surface area contributed by atoms with E-state index in [4.69, 9.17) is 0 Å². The summed E-state index contributed by atoms with van der Waals surface area (Å²) in [4.78, 5) is 2.77. The van der Waals surface area contributed by atoms with E-state index in [-0.39, 0.29) is 0 Å². The van der Waals surface area contributed by atoms with Crippen LogP contribution in [0.2, 0.25) is 0 Å². The first-order valence-electron chi connectivity index (χ1n) is 7.21. The van der Waals surface area contributed by atoms with Crippen LogP contribution in [-0.2, 0) is 0 Å². The Kier molecular flexibility index (Phi) is 4.66. The Morgan fingerprint density at radius 2 is 1.88 bits per heavy atom. The molecule has 1 saturated heterocycles. The summed E-state index contributed by atoms with van der Waals surface area (Å²) < 4.78 is 0. The molecule has 1 aliphatic heterocycles. The number of hydrogen-bond acceptors (Lipinski definition) is 2. The van der Waals surface area contributed by atoms with Gasteiger partial charge in [-0.2, -0.15) is 0 Å². The third kappa shape index (κ3) is 3.21. The molecule has 94 valence electrons. The van der Waals surface area contributed by atoms with E-state index in [2.05, 4.69) is 24.2 Å². The maximum Gasteiger partial charge on any atom is 0.0192 e. The van der Waals surface area contributed by atoms with Gasteiger partial charge in [0.1, 0.15) is 0 Å². The highest BCUT2D eigenvalue weighted by Gasteiger charge is 2.26. The van der Waals surface area contributed by atoms with E-state index < -0.39 is 0 Å². The van der Waals surface area contributed by atoms with E-state index >= 15 is 0 Å². The third-order valence-electron chi connectivity index (χ3n) is 4.60. The number of likely N-dealkylation sites (tertiary alicyclic amines) is 1. The van der Waals surface area contributed by atoms with Gasteiger partial charge in [-0.3, -0.25) is 4.90 Å².